The molecule has 14 heavy (non-hydrogen) atoms. The van der Waals surface area contributed by atoms with E-state index in [1.165, 1.54) is 12.5 Å². The molecule has 3 heteroatoms. The van der Waals surface area contributed by atoms with Crippen LogP contribution in [0.15, 0.2) is 12.7 Å². The molecular formula is C11H20N2O. The molecule has 3 nitrogen and oxygen atoms in total. The highest BCUT2D eigenvalue weighted by molar-refractivity contribution is 5.87. The van der Waals surface area contributed by atoms with E-state index in [4.69, 9.17) is 0 Å². The first-order chi connectivity index (χ1) is 6.77. The summed E-state index contributed by atoms with van der Waals surface area (Å²) >= 11 is 0. The minimum absolute atomic E-state index is 0.0685. The van der Waals surface area contributed by atoms with Crippen LogP contribution in [0, 0.1) is 0 Å². The predicted octanol–water partition coefficient (Wildman–Crippen LogP) is 1.16. The zero-order valence-electron chi connectivity index (χ0n) is 8.96. The molecule has 0 aromatic heterocycles. The summed E-state index contributed by atoms with van der Waals surface area (Å²) in [6.07, 6.45) is 4.71. The number of hydrogen-bond donors (Lipinski definition) is 1. The fraction of sp³-hybridized carbons (Fsp3) is 0.727. The third-order valence-electron chi connectivity index (χ3n) is 2.66. The Morgan fingerprint density at radius 2 is 2.21 bits per heavy atom. The summed E-state index contributed by atoms with van der Waals surface area (Å²) in [5.41, 5.74) is 0. The Labute approximate surface area is 86.2 Å². The largest absolute Gasteiger partial charge is 0.339 e. The number of carbonyl (C=O) groups is 1. The minimum atomic E-state index is 0.0685. The Hall–Kier alpha value is -0.830. The molecule has 1 saturated heterocycles. The first kappa shape index (κ1) is 11.2. The Bertz CT molecular complexity index is 195. The summed E-state index contributed by atoms with van der Waals surface area (Å²) in [7, 11) is 0. The van der Waals surface area contributed by atoms with Gasteiger partial charge in [0.25, 0.3) is 0 Å². The van der Waals surface area contributed by atoms with E-state index in [-0.39, 0.29) is 5.91 Å². The first-order valence-electron chi connectivity index (χ1n) is 5.42. The number of hydrogen-bond acceptors (Lipinski definition) is 2. The van der Waals surface area contributed by atoms with E-state index in [1.54, 1.807) is 0 Å². The van der Waals surface area contributed by atoms with Crippen LogP contribution in [-0.2, 0) is 4.79 Å². The molecule has 1 amide bonds. The van der Waals surface area contributed by atoms with Crippen LogP contribution in [0.25, 0.3) is 0 Å². The molecule has 0 bridgehead atoms. The van der Waals surface area contributed by atoms with Crippen molar-refractivity contribution in [3.05, 3.63) is 12.7 Å². The standard InChI is InChI=1S/C11H20N2O/c1-3-7-12-10-5-8-13(9-6-10)11(14)4-2/h4,10,12H,2-3,5-9H2,1H3. The number of piperidine rings is 1. The molecule has 0 atom stereocenters. The second-order valence-electron chi connectivity index (χ2n) is 3.76. The van der Waals surface area contributed by atoms with E-state index in [0.29, 0.717) is 6.04 Å². The van der Waals surface area contributed by atoms with Crippen molar-refractivity contribution < 1.29 is 4.79 Å². The average Bonchev–Trinajstić information content (AvgIpc) is 2.26. The van der Waals surface area contributed by atoms with E-state index in [1.807, 2.05) is 4.90 Å². The SMILES string of the molecule is C=CC(=O)N1CCC(NCCC)CC1. The fourth-order valence-electron chi connectivity index (χ4n) is 1.78. The van der Waals surface area contributed by atoms with Crippen molar-refractivity contribution in [3.63, 3.8) is 0 Å². The number of rotatable bonds is 4. The molecule has 0 saturated carbocycles. The average molecular weight is 196 g/mol. The third-order valence-corrected chi connectivity index (χ3v) is 2.66. The highest BCUT2D eigenvalue weighted by Crippen LogP contribution is 2.10. The van der Waals surface area contributed by atoms with Crippen molar-refractivity contribution in [2.45, 2.75) is 32.2 Å². The second kappa shape index (κ2) is 5.81. The maximum Gasteiger partial charge on any atom is 0.245 e. The van der Waals surface area contributed by atoms with Crippen LogP contribution in [0.1, 0.15) is 26.2 Å². The molecule has 80 valence electrons. The fourth-order valence-corrected chi connectivity index (χ4v) is 1.78. The molecule has 1 heterocycles. The van der Waals surface area contributed by atoms with Gasteiger partial charge >= 0.3 is 0 Å². The summed E-state index contributed by atoms with van der Waals surface area (Å²) in [5.74, 6) is 0.0685. The lowest BCUT2D eigenvalue weighted by Gasteiger charge is -2.31. The summed E-state index contributed by atoms with van der Waals surface area (Å²) in [6, 6.07) is 0.601. The van der Waals surface area contributed by atoms with Crippen molar-refractivity contribution in [1.29, 1.82) is 0 Å². The summed E-state index contributed by atoms with van der Waals surface area (Å²) < 4.78 is 0. The summed E-state index contributed by atoms with van der Waals surface area (Å²) in [5, 5.41) is 3.48. The van der Waals surface area contributed by atoms with Gasteiger partial charge in [0.1, 0.15) is 0 Å². The molecule has 0 spiro atoms. The Morgan fingerprint density at radius 3 is 2.71 bits per heavy atom. The number of nitrogens with zero attached hydrogens (tertiary/aromatic N) is 1. The normalized spacial score (nSPS) is 18.2. The zero-order valence-corrected chi connectivity index (χ0v) is 8.96. The highest BCUT2D eigenvalue weighted by atomic mass is 16.2. The van der Waals surface area contributed by atoms with Crippen molar-refractivity contribution in [2.24, 2.45) is 0 Å². The van der Waals surface area contributed by atoms with Crippen LogP contribution in [0.2, 0.25) is 0 Å². The van der Waals surface area contributed by atoms with Crippen LogP contribution >= 0.6 is 0 Å². The van der Waals surface area contributed by atoms with Gasteiger partial charge in [0.15, 0.2) is 0 Å². The van der Waals surface area contributed by atoms with Gasteiger partial charge in [0.05, 0.1) is 0 Å². The maximum atomic E-state index is 11.3. The maximum absolute atomic E-state index is 11.3. The van der Waals surface area contributed by atoms with Crippen molar-refractivity contribution in [1.82, 2.24) is 10.2 Å². The Kier molecular flexibility index (Phi) is 4.66. The molecule has 1 fully saturated rings. The van der Waals surface area contributed by atoms with Gasteiger partial charge in [-0.05, 0) is 31.9 Å². The van der Waals surface area contributed by atoms with Crippen molar-refractivity contribution in [2.75, 3.05) is 19.6 Å². The van der Waals surface area contributed by atoms with E-state index in [9.17, 15) is 4.79 Å². The molecule has 0 radical (unpaired) electrons. The molecule has 0 unspecified atom stereocenters. The van der Waals surface area contributed by atoms with Crippen LogP contribution in [0.5, 0.6) is 0 Å². The van der Waals surface area contributed by atoms with Gasteiger partial charge in [0, 0.05) is 19.1 Å². The van der Waals surface area contributed by atoms with Gasteiger partial charge in [-0.15, -0.1) is 0 Å². The van der Waals surface area contributed by atoms with E-state index in [2.05, 4.69) is 18.8 Å². The summed E-state index contributed by atoms with van der Waals surface area (Å²) in [4.78, 5) is 13.1. The third kappa shape index (κ3) is 3.14. The van der Waals surface area contributed by atoms with Gasteiger partial charge in [0.2, 0.25) is 5.91 Å². The number of amides is 1. The van der Waals surface area contributed by atoms with E-state index >= 15 is 0 Å². The first-order valence-corrected chi connectivity index (χ1v) is 5.42. The topological polar surface area (TPSA) is 32.3 Å². The molecule has 1 rings (SSSR count). The zero-order chi connectivity index (χ0) is 10.4. The lowest BCUT2D eigenvalue weighted by atomic mass is 10.0. The predicted molar refractivity (Wildman–Crippen MR) is 58.1 cm³/mol. The molecular weight excluding hydrogens is 176 g/mol. The van der Waals surface area contributed by atoms with Gasteiger partial charge in [-0.3, -0.25) is 4.79 Å². The van der Waals surface area contributed by atoms with Gasteiger partial charge in [-0.1, -0.05) is 13.5 Å². The van der Waals surface area contributed by atoms with Gasteiger partial charge in [-0.2, -0.15) is 0 Å². The van der Waals surface area contributed by atoms with Crippen LogP contribution in [-0.4, -0.2) is 36.5 Å². The van der Waals surface area contributed by atoms with Crippen molar-refractivity contribution >= 4 is 5.91 Å². The molecule has 0 aromatic carbocycles. The molecule has 1 aliphatic heterocycles. The van der Waals surface area contributed by atoms with Gasteiger partial charge < -0.3 is 10.2 Å². The minimum Gasteiger partial charge on any atom is -0.339 e. The van der Waals surface area contributed by atoms with E-state index < -0.39 is 0 Å². The number of likely N-dealkylation sites (tertiary alicyclic amines) is 1. The lowest BCUT2D eigenvalue weighted by molar-refractivity contribution is -0.127. The number of nitrogens with one attached hydrogen (secondary N) is 1. The van der Waals surface area contributed by atoms with Gasteiger partial charge in [-0.25, -0.2) is 0 Å². The van der Waals surface area contributed by atoms with Crippen LogP contribution in [0.3, 0.4) is 0 Å². The monoisotopic (exact) mass is 196 g/mol. The smallest absolute Gasteiger partial charge is 0.245 e. The van der Waals surface area contributed by atoms with Crippen molar-refractivity contribution in [3.8, 4) is 0 Å². The summed E-state index contributed by atoms with van der Waals surface area (Å²) in [6.45, 7) is 8.49. The molecule has 1 aliphatic rings. The lowest BCUT2D eigenvalue weighted by Crippen LogP contribution is -2.44. The van der Waals surface area contributed by atoms with E-state index in [0.717, 1.165) is 32.5 Å². The molecule has 0 aliphatic carbocycles. The Morgan fingerprint density at radius 1 is 1.57 bits per heavy atom. The second-order valence-corrected chi connectivity index (χ2v) is 3.76. The molecule has 1 N–H and O–H groups in total. The Balaban J connectivity index is 2.24. The van der Waals surface area contributed by atoms with Crippen LogP contribution < -0.4 is 5.32 Å². The molecule has 0 aromatic rings. The quantitative estimate of drug-likeness (QED) is 0.684. The number of carbonyl (C=O) groups excluding carboxylic acids is 1. The highest BCUT2D eigenvalue weighted by Gasteiger charge is 2.20. The van der Waals surface area contributed by atoms with Crippen LogP contribution in [0.4, 0.5) is 0 Å².